The van der Waals surface area contributed by atoms with Crippen molar-refractivity contribution in [3.8, 4) is 5.75 Å². The Balaban J connectivity index is 1.65. The predicted octanol–water partition coefficient (Wildman–Crippen LogP) is 6.06. The van der Waals surface area contributed by atoms with Crippen molar-refractivity contribution in [2.24, 2.45) is 11.8 Å². The second-order valence-corrected chi connectivity index (χ2v) is 13.8. The highest BCUT2D eigenvalue weighted by molar-refractivity contribution is 7.92. The summed E-state index contributed by atoms with van der Waals surface area (Å²) >= 11 is 0. The van der Waals surface area contributed by atoms with Gasteiger partial charge in [0.25, 0.3) is 0 Å². The van der Waals surface area contributed by atoms with E-state index >= 15 is 0 Å². The number of amides is 1. The first-order valence-electron chi connectivity index (χ1n) is 14.0. The molecule has 246 valence electrons. The van der Waals surface area contributed by atoms with Crippen molar-refractivity contribution in [2.45, 2.75) is 72.2 Å². The number of ether oxygens (including phenoxy) is 1. The van der Waals surface area contributed by atoms with Crippen LogP contribution in [-0.2, 0) is 29.8 Å². The van der Waals surface area contributed by atoms with E-state index in [0.29, 0.717) is 6.07 Å². The normalized spacial score (nSPS) is 26.0. The first-order chi connectivity index (χ1) is 20.9. The van der Waals surface area contributed by atoms with Gasteiger partial charge in [-0.3, -0.25) is 9.59 Å². The summed E-state index contributed by atoms with van der Waals surface area (Å²) in [5, 5.41) is 9.32. The third-order valence-electron chi connectivity index (χ3n) is 9.19. The summed E-state index contributed by atoms with van der Waals surface area (Å²) in [5.74, 6) is -4.34. The summed E-state index contributed by atoms with van der Waals surface area (Å²) in [5.41, 5.74) is -8.04. The van der Waals surface area contributed by atoms with Gasteiger partial charge < -0.3 is 14.7 Å². The number of sulfone groups is 1. The molecule has 2 aliphatic heterocycles. The lowest BCUT2D eigenvalue weighted by atomic mass is 9.77. The van der Waals surface area contributed by atoms with Gasteiger partial charge in [-0.15, -0.1) is 0 Å². The number of benzene rings is 2. The van der Waals surface area contributed by atoms with Crippen molar-refractivity contribution >= 4 is 21.7 Å². The van der Waals surface area contributed by atoms with E-state index in [-0.39, 0.29) is 62.8 Å². The maximum absolute atomic E-state index is 15.0. The molecule has 0 aromatic heterocycles. The fraction of sp³-hybridized carbons (Fsp3) is 0.517. The predicted molar refractivity (Wildman–Crippen MR) is 140 cm³/mol. The highest BCUT2D eigenvalue weighted by Gasteiger charge is 2.74. The van der Waals surface area contributed by atoms with Gasteiger partial charge in [0.2, 0.25) is 5.91 Å². The monoisotopic (exact) mass is 669 g/mol. The van der Waals surface area contributed by atoms with Gasteiger partial charge in [-0.05, 0) is 68.9 Å². The van der Waals surface area contributed by atoms with E-state index < -0.39 is 91.0 Å². The van der Waals surface area contributed by atoms with E-state index in [2.05, 4.69) is 0 Å². The number of fused-ring (bicyclic) bond motifs is 3. The van der Waals surface area contributed by atoms with Crippen LogP contribution in [0.2, 0.25) is 0 Å². The molecular weight excluding hydrogens is 642 g/mol. The van der Waals surface area contributed by atoms with E-state index in [4.69, 9.17) is 4.74 Å². The SMILES string of the molecule is O=C(O)C1CCC(C(=O)N2CCCC3(S(=O)(=O)c4ccc(F)cc4)c4ccc(C(F)(C(F)(F)F)C(F)(F)F)cc4OCC23)CC1. The maximum atomic E-state index is 15.0. The molecule has 45 heavy (non-hydrogen) atoms. The van der Waals surface area contributed by atoms with Gasteiger partial charge in [0, 0.05) is 23.6 Å². The highest BCUT2D eigenvalue weighted by Crippen LogP contribution is 2.57. The topological polar surface area (TPSA) is 101 Å². The molecule has 3 aliphatic rings. The summed E-state index contributed by atoms with van der Waals surface area (Å²) < 4.78 is 142. The number of hydrogen-bond acceptors (Lipinski definition) is 5. The molecule has 1 aliphatic carbocycles. The number of alkyl halides is 7. The Morgan fingerprint density at radius 3 is 2.02 bits per heavy atom. The van der Waals surface area contributed by atoms with Gasteiger partial charge in [-0.25, -0.2) is 17.2 Å². The Hall–Kier alpha value is -3.43. The zero-order valence-corrected chi connectivity index (χ0v) is 24.1. The molecule has 5 rings (SSSR count). The Labute approximate surface area is 252 Å². The van der Waals surface area contributed by atoms with Crippen LogP contribution >= 0.6 is 0 Å². The number of likely N-dealkylation sites (tertiary alicyclic amines) is 1. The molecule has 0 radical (unpaired) electrons. The minimum atomic E-state index is -6.43. The van der Waals surface area contributed by atoms with Crippen molar-refractivity contribution in [2.75, 3.05) is 13.2 Å². The minimum absolute atomic E-state index is 0.0342. The largest absolute Gasteiger partial charge is 0.491 e. The molecule has 2 fully saturated rings. The van der Waals surface area contributed by atoms with Crippen LogP contribution in [0.3, 0.4) is 0 Å². The van der Waals surface area contributed by atoms with Crippen molar-refractivity contribution in [3.05, 3.63) is 59.4 Å². The van der Waals surface area contributed by atoms with Gasteiger partial charge >= 0.3 is 24.0 Å². The van der Waals surface area contributed by atoms with Crippen molar-refractivity contribution in [1.29, 1.82) is 0 Å². The first kappa shape index (κ1) is 32.9. The number of carboxylic acid groups (broad SMARTS) is 1. The summed E-state index contributed by atoms with van der Waals surface area (Å²) in [7, 11) is -4.69. The molecular formula is C29H27F8NO6S. The average molecular weight is 670 g/mol. The van der Waals surface area contributed by atoms with Crippen LogP contribution in [0.4, 0.5) is 35.1 Å². The molecule has 16 heteroatoms. The van der Waals surface area contributed by atoms with Crippen LogP contribution in [0.25, 0.3) is 0 Å². The number of aliphatic carboxylic acids is 1. The van der Waals surface area contributed by atoms with Gasteiger partial charge in [-0.1, -0.05) is 12.1 Å². The zero-order valence-electron chi connectivity index (χ0n) is 23.3. The molecule has 7 nitrogen and oxygen atoms in total. The summed E-state index contributed by atoms with van der Waals surface area (Å²) in [6, 6.07) is 3.34. The summed E-state index contributed by atoms with van der Waals surface area (Å²) in [4.78, 5) is 26.1. The Kier molecular flexibility index (Phi) is 8.14. The van der Waals surface area contributed by atoms with Gasteiger partial charge in [0.05, 0.1) is 16.9 Å². The number of hydrogen-bond donors (Lipinski definition) is 1. The van der Waals surface area contributed by atoms with Crippen LogP contribution in [0.15, 0.2) is 47.4 Å². The Morgan fingerprint density at radius 1 is 0.889 bits per heavy atom. The van der Waals surface area contributed by atoms with Crippen molar-refractivity contribution in [3.63, 3.8) is 0 Å². The number of halogens is 8. The lowest BCUT2D eigenvalue weighted by molar-refractivity contribution is -0.348. The fourth-order valence-corrected chi connectivity index (χ4v) is 9.19. The van der Waals surface area contributed by atoms with E-state index in [1.165, 1.54) is 4.90 Å². The lowest BCUT2D eigenvalue weighted by Crippen LogP contribution is -2.64. The molecule has 2 heterocycles. The van der Waals surface area contributed by atoms with Gasteiger partial charge in [-0.2, -0.15) is 26.3 Å². The third-order valence-corrected chi connectivity index (χ3v) is 11.7. The van der Waals surface area contributed by atoms with Crippen LogP contribution in [0.1, 0.15) is 49.7 Å². The molecule has 2 atom stereocenters. The van der Waals surface area contributed by atoms with Gasteiger partial charge in [0.1, 0.15) is 22.9 Å². The van der Waals surface area contributed by atoms with Crippen LogP contribution in [-0.4, -0.2) is 61.8 Å². The van der Waals surface area contributed by atoms with E-state index in [1.807, 2.05) is 0 Å². The van der Waals surface area contributed by atoms with E-state index in [0.717, 1.165) is 24.3 Å². The maximum Gasteiger partial charge on any atom is 0.435 e. The molecule has 0 bridgehead atoms. The second kappa shape index (κ2) is 11.1. The Morgan fingerprint density at radius 2 is 1.47 bits per heavy atom. The Bertz CT molecular complexity index is 1570. The molecule has 1 saturated carbocycles. The molecule has 2 aromatic rings. The van der Waals surface area contributed by atoms with E-state index in [9.17, 15) is 58.2 Å². The smallest absolute Gasteiger partial charge is 0.435 e. The number of carboxylic acids is 1. The number of nitrogens with zero attached hydrogens (tertiary/aromatic N) is 1. The molecule has 1 saturated heterocycles. The summed E-state index contributed by atoms with van der Waals surface area (Å²) in [6.45, 7) is -0.639. The quantitative estimate of drug-likeness (QED) is 0.307. The third kappa shape index (κ3) is 5.12. The summed E-state index contributed by atoms with van der Waals surface area (Å²) in [6.07, 6.45) is -12.3. The van der Waals surface area contributed by atoms with Crippen LogP contribution < -0.4 is 4.74 Å². The average Bonchev–Trinajstić information content (AvgIpc) is 2.98. The highest BCUT2D eigenvalue weighted by atomic mass is 32.2. The van der Waals surface area contributed by atoms with Crippen LogP contribution in [0.5, 0.6) is 5.75 Å². The molecule has 1 amide bonds. The number of piperidine rings is 1. The first-order valence-corrected chi connectivity index (χ1v) is 15.5. The van der Waals surface area contributed by atoms with Crippen molar-refractivity contribution in [1.82, 2.24) is 4.90 Å². The van der Waals surface area contributed by atoms with Crippen LogP contribution in [0, 0.1) is 17.7 Å². The second-order valence-electron chi connectivity index (χ2n) is 11.6. The molecule has 2 unspecified atom stereocenters. The minimum Gasteiger partial charge on any atom is -0.491 e. The number of carbonyl (C=O) groups is 2. The van der Waals surface area contributed by atoms with Gasteiger partial charge in [0.15, 0.2) is 9.84 Å². The molecule has 2 aromatic carbocycles. The molecule has 0 spiro atoms. The molecule has 1 N–H and O–H groups in total. The zero-order chi connectivity index (χ0) is 33.2. The number of carbonyl (C=O) groups excluding carboxylic acids is 1. The van der Waals surface area contributed by atoms with Crippen molar-refractivity contribution < 1.29 is 63.0 Å². The lowest BCUT2D eigenvalue weighted by Gasteiger charge is -2.52. The fourth-order valence-electron chi connectivity index (χ4n) is 6.86. The standard InChI is InChI=1S/C29H27F8NO6S/c30-19-7-9-20(10-8-19)45(42,43)26-12-1-13-38(24(39)16-2-4-17(5-3-16)25(40)41)23(26)15-44-22-14-18(6-11-21(22)26)27(31,28(32,33)34)29(35,36)37/h6-11,14,16-17,23H,1-5,12-13,15H2,(H,40,41). The number of rotatable bonds is 5. The van der Waals surface area contributed by atoms with E-state index in [1.54, 1.807) is 0 Å².